The molecule has 1 aromatic rings. The van der Waals surface area contributed by atoms with E-state index in [1.807, 2.05) is 0 Å². The molecule has 176 valence electrons. The maximum absolute atomic E-state index is 14.2. The van der Waals surface area contributed by atoms with Crippen LogP contribution in [0.15, 0.2) is 35.1 Å². The van der Waals surface area contributed by atoms with Gasteiger partial charge in [0.25, 0.3) is 0 Å². The van der Waals surface area contributed by atoms with Crippen LogP contribution >= 0.6 is 0 Å². The van der Waals surface area contributed by atoms with E-state index in [0.29, 0.717) is 18.5 Å². The minimum atomic E-state index is -4.83. The first kappa shape index (κ1) is 23.9. The smallest absolute Gasteiger partial charge is 0.330 e. The Morgan fingerprint density at radius 1 is 1.22 bits per heavy atom. The fraction of sp³-hybridized carbons (Fsp3) is 0.550. The lowest BCUT2D eigenvalue weighted by molar-refractivity contribution is -0.437. The standard InChI is InChI=1S/C20H26F4N6O2/c21-17-14(2-1-3-15(17)20(22,23)24)10-27-18-28-11-16(30(31)32)19(26,29-18)8-12-4-6-13(9-25)7-5-12/h1-3,11-13H,4-10,25-26H2,(H2,27,28,29). The summed E-state index contributed by atoms with van der Waals surface area (Å²) in [5.41, 5.74) is 8.66. The Kier molecular flexibility index (Phi) is 7.03. The van der Waals surface area contributed by atoms with Gasteiger partial charge in [-0.1, -0.05) is 12.1 Å². The molecule has 0 aromatic heterocycles. The Morgan fingerprint density at radius 3 is 2.47 bits per heavy atom. The fourth-order valence-electron chi connectivity index (χ4n) is 4.24. The summed E-state index contributed by atoms with van der Waals surface area (Å²) in [6.45, 7) is 0.191. The zero-order valence-corrected chi connectivity index (χ0v) is 17.3. The van der Waals surface area contributed by atoms with Crippen LogP contribution in [0, 0.1) is 27.8 Å². The summed E-state index contributed by atoms with van der Waals surface area (Å²) in [6, 6.07) is 2.94. The minimum absolute atomic E-state index is 0.0190. The predicted molar refractivity (Wildman–Crippen MR) is 110 cm³/mol. The van der Waals surface area contributed by atoms with Crippen molar-refractivity contribution in [1.82, 2.24) is 10.6 Å². The third-order valence-electron chi connectivity index (χ3n) is 6.04. The normalized spacial score (nSPS) is 27.4. The Balaban J connectivity index is 1.77. The molecule has 1 saturated carbocycles. The second kappa shape index (κ2) is 9.41. The molecule has 0 bridgehead atoms. The van der Waals surface area contributed by atoms with E-state index in [0.717, 1.165) is 37.9 Å². The van der Waals surface area contributed by atoms with Crippen molar-refractivity contribution in [3.63, 3.8) is 0 Å². The summed E-state index contributed by atoms with van der Waals surface area (Å²) in [5, 5.41) is 16.9. The third-order valence-corrected chi connectivity index (χ3v) is 6.04. The van der Waals surface area contributed by atoms with Crippen molar-refractivity contribution >= 4 is 5.96 Å². The van der Waals surface area contributed by atoms with E-state index >= 15 is 0 Å². The molecule has 12 heteroatoms. The molecule has 0 spiro atoms. The zero-order valence-electron chi connectivity index (χ0n) is 17.3. The first-order valence-corrected chi connectivity index (χ1v) is 10.3. The van der Waals surface area contributed by atoms with Crippen LogP contribution in [0.1, 0.15) is 43.2 Å². The topological polar surface area (TPSA) is 132 Å². The van der Waals surface area contributed by atoms with Crippen LogP contribution < -0.4 is 22.1 Å². The highest BCUT2D eigenvalue weighted by molar-refractivity contribution is 5.83. The van der Waals surface area contributed by atoms with Gasteiger partial charge in [-0.2, -0.15) is 13.2 Å². The zero-order chi connectivity index (χ0) is 23.5. The number of benzene rings is 1. The van der Waals surface area contributed by atoms with E-state index in [-0.39, 0.29) is 29.6 Å². The fourth-order valence-corrected chi connectivity index (χ4v) is 4.24. The highest BCUT2D eigenvalue weighted by Gasteiger charge is 2.44. The molecule has 8 nitrogen and oxygen atoms in total. The number of hydrogen-bond donors (Lipinski definition) is 4. The number of aliphatic imine (C=N–C) groups is 1. The van der Waals surface area contributed by atoms with E-state index in [9.17, 15) is 27.7 Å². The lowest BCUT2D eigenvalue weighted by atomic mass is 9.77. The van der Waals surface area contributed by atoms with Crippen molar-refractivity contribution in [2.45, 2.75) is 50.5 Å². The van der Waals surface area contributed by atoms with Gasteiger partial charge < -0.3 is 16.4 Å². The number of alkyl halides is 3. The summed E-state index contributed by atoms with van der Waals surface area (Å²) < 4.78 is 53.0. The van der Waals surface area contributed by atoms with Gasteiger partial charge in [0.1, 0.15) is 5.82 Å². The molecule has 6 N–H and O–H groups in total. The van der Waals surface area contributed by atoms with E-state index < -0.39 is 34.7 Å². The van der Waals surface area contributed by atoms with Crippen LogP contribution in [0.5, 0.6) is 0 Å². The number of nitro groups is 1. The van der Waals surface area contributed by atoms with Crippen LogP contribution in [0.2, 0.25) is 0 Å². The monoisotopic (exact) mass is 458 g/mol. The van der Waals surface area contributed by atoms with Gasteiger partial charge in [0, 0.05) is 5.56 Å². The molecule has 1 fully saturated rings. The van der Waals surface area contributed by atoms with Crippen molar-refractivity contribution in [3.8, 4) is 0 Å². The van der Waals surface area contributed by atoms with Gasteiger partial charge in [-0.25, -0.2) is 9.38 Å². The van der Waals surface area contributed by atoms with E-state index in [1.165, 1.54) is 6.07 Å². The van der Waals surface area contributed by atoms with E-state index in [1.54, 1.807) is 0 Å². The molecule has 0 saturated heterocycles. The molecular formula is C20H26F4N6O2. The van der Waals surface area contributed by atoms with Crippen molar-refractivity contribution in [3.05, 3.63) is 57.2 Å². The summed E-state index contributed by atoms with van der Waals surface area (Å²) in [7, 11) is 0. The maximum Gasteiger partial charge on any atom is 0.419 e. The first-order chi connectivity index (χ1) is 15.0. The van der Waals surface area contributed by atoms with Crippen LogP contribution in [0.3, 0.4) is 0 Å². The van der Waals surface area contributed by atoms with E-state index in [2.05, 4.69) is 15.6 Å². The summed E-state index contributed by atoms with van der Waals surface area (Å²) >= 11 is 0. The van der Waals surface area contributed by atoms with Crippen LogP contribution in [-0.4, -0.2) is 23.1 Å². The van der Waals surface area contributed by atoms with Crippen molar-refractivity contribution < 1.29 is 22.5 Å². The molecular weight excluding hydrogens is 432 g/mol. The van der Waals surface area contributed by atoms with Gasteiger partial charge in [-0.3, -0.25) is 15.8 Å². The van der Waals surface area contributed by atoms with Gasteiger partial charge in [0.05, 0.1) is 23.2 Å². The highest BCUT2D eigenvalue weighted by Crippen LogP contribution is 2.35. The lowest BCUT2D eigenvalue weighted by Gasteiger charge is -2.37. The number of nitrogens with two attached hydrogens (primary N) is 2. The first-order valence-electron chi connectivity index (χ1n) is 10.3. The molecule has 1 aliphatic heterocycles. The molecule has 3 rings (SSSR count). The van der Waals surface area contributed by atoms with Crippen molar-refractivity contribution in [2.75, 3.05) is 6.54 Å². The average molecular weight is 458 g/mol. The second-order valence-electron chi connectivity index (χ2n) is 8.30. The van der Waals surface area contributed by atoms with Crippen molar-refractivity contribution in [2.24, 2.45) is 28.3 Å². The predicted octanol–water partition coefficient (Wildman–Crippen LogP) is 2.82. The molecule has 2 aliphatic rings. The Bertz CT molecular complexity index is 912. The lowest BCUT2D eigenvalue weighted by Crippen LogP contribution is -2.64. The molecule has 32 heavy (non-hydrogen) atoms. The quantitative estimate of drug-likeness (QED) is 0.295. The van der Waals surface area contributed by atoms with Gasteiger partial charge in [-0.05, 0) is 56.6 Å². The van der Waals surface area contributed by atoms with Crippen LogP contribution in [0.25, 0.3) is 0 Å². The minimum Gasteiger partial charge on any atom is -0.330 e. The number of rotatable bonds is 6. The van der Waals surface area contributed by atoms with Crippen LogP contribution in [0.4, 0.5) is 17.6 Å². The maximum atomic E-state index is 14.2. The SMILES string of the molecule is NCC1CCC(CC2(N)NC(=NCc3cccc(C(F)(F)F)c3F)NC=C2[N+](=O)[O-])CC1. The largest absolute Gasteiger partial charge is 0.419 e. The van der Waals surface area contributed by atoms with E-state index in [4.69, 9.17) is 11.5 Å². The third kappa shape index (κ3) is 5.36. The Labute approximate surface area is 182 Å². The average Bonchev–Trinajstić information content (AvgIpc) is 2.72. The molecule has 1 unspecified atom stereocenters. The van der Waals surface area contributed by atoms with Crippen LogP contribution in [-0.2, 0) is 12.7 Å². The van der Waals surface area contributed by atoms with Gasteiger partial charge in [0.2, 0.25) is 0 Å². The van der Waals surface area contributed by atoms with Gasteiger partial charge in [-0.15, -0.1) is 0 Å². The molecule has 1 atom stereocenters. The number of halogens is 4. The Morgan fingerprint density at radius 2 is 1.88 bits per heavy atom. The molecule has 0 radical (unpaired) electrons. The molecule has 0 amide bonds. The number of hydrogen-bond acceptors (Lipinski definition) is 5. The Hall–Kier alpha value is -2.73. The highest BCUT2D eigenvalue weighted by atomic mass is 19.4. The van der Waals surface area contributed by atoms with Gasteiger partial charge in [0.15, 0.2) is 11.6 Å². The molecule has 1 aromatic carbocycles. The van der Waals surface area contributed by atoms with Crippen molar-refractivity contribution in [1.29, 1.82) is 0 Å². The summed E-state index contributed by atoms with van der Waals surface area (Å²) in [5.74, 6) is -0.812. The number of nitrogens with one attached hydrogen (secondary N) is 2. The van der Waals surface area contributed by atoms with Gasteiger partial charge >= 0.3 is 11.9 Å². The summed E-state index contributed by atoms with van der Waals surface area (Å²) in [6.07, 6.45) is 0.0730. The summed E-state index contributed by atoms with van der Waals surface area (Å²) in [4.78, 5) is 15.0. The molecule has 1 aliphatic carbocycles. The molecule has 1 heterocycles. The second-order valence-corrected chi connectivity index (χ2v) is 8.30. The number of nitrogens with zero attached hydrogens (tertiary/aromatic N) is 2. The number of guanidine groups is 1.